The van der Waals surface area contributed by atoms with Crippen LogP contribution in [0.3, 0.4) is 0 Å². The Balaban J connectivity index is 2.21. The van der Waals surface area contributed by atoms with E-state index in [2.05, 4.69) is 13.5 Å². The molecule has 2 heterocycles. The molecule has 1 aromatic rings. The van der Waals surface area contributed by atoms with Crippen LogP contribution in [0.2, 0.25) is 0 Å². The van der Waals surface area contributed by atoms with Gasteiger partial charge < -0.3 is 9.47 Å². The zero-order chi connectivity index (χ0) is 9.31. The first-order valence-electron chi connectivity index (χ1n) is 4.19. The number of thiophene rings is 1. The predicted octanol–water partition coefficient (Wildman–Crippen LogP) is 2.71. The molecule has 70 valence electrons. The number of rotatable bonds is 1. The minimum atomic E-state index is -0.0727. The van der Waals surface area contributed by atoms with Gasteiger partial charge in [0.15, 0.2) is 11.5 Å². The molecule has 0 aromatic carbocycles. The highest BCUT2D eigenvalue weighted by Crippen LogP contribution is 2.36. The third kappa shape index (κ3) is 1.56. The molecule has 13 heavy (non-hydrogen) atoms. The van der Waals surface area contributed by atoms with Gasteiger partial charge >= 0.3 is 0 Å². The van der Waals surface area contributed by atoms with Gasteiger partial charge in [0, 0.05) is 10.8 Å². The lowest BCUT2D eigenvalue weighted by molar-refractivity contribution is 0.167. The molecule has 0 fully saturated rings. The predicted molar refractivity (Wildman–Crippen MR) is 53.6 cm³/mol. The van der Waals surface area contributed by atoms with E-state index in [0.29, 0.717) is 13.2 Å². The highest BCUT2D eigenvalue weighted by atomic mass is 32.1. The number of ether oxygens (including phenoxy) is 2. The van der Waals surface area contributed by atoms with E-state index in [9.17, 15) is 0 Å². The van der Waals surface area contributed by atoms with E-state index >= 15 is 0 Å². The molecule has 0 aliphatic carbocycles. The smallest absolute Gasteiger partial charge is 0.171 e. The van der Waals surface area contributed by atoms with Crippen molar-refractivity contribution < 1.29 is 9.47 Å². The van der Waals surface area contributed by atoms with Crippen LogP contribution in [-0.2, 0) is 0 Å². The van der Waals surface area contributed by atoms with Crippen LogP contribution in [0.5, 0.6) is 11.5 Å². The number of hydrogen-bond acceptors (Lipinski definition) is 3. The van der Waals surface area contributed by atoms with Gasteiger partial charge in [-0.3, -0.25) is 0 Å². The molecule has 0 N–H and O–H groups in total. The van der Waals surface area contributed by atoms with Crippen molar-refractivity contribution in [3.05, 3.63) is 23.4 Å². The van der Waals surface area contributed by atoms with E-state index in [1.54, 1.807) is 11.3 Å². The summed E-state index contributed by atoms with van der Waals surface area (Å²) in [6.45, 7) is 7.14. The largest absolute Gasteiger partial charge is 0.488 e. The van der Waals surface area contributed by atoms with Crippen LogP contribution < -0.4 is 9.47 Å². The minimum absolute atomic E-state index is 0.0727. The molecule has 0 bridgehead atoms. The molecule has 1 aliphatic heterocycles. The summed E-state index contributed by atoms with van der Waals surface area (Å²) >= 11 is 1.60. The average molecular weight is 196 g/mol. The summed E-state index contributed by atoms with van der Waals surface area (Å²) in [4.78, 5) is 0. The summed E-state index contributed by atoms with van der Waals surface area (Å²) in [6, 6.07) is 0. The van der Waals surface area contributed by atoms with E-state index < -0.39 is 0 Å². The van der Waals surface area contributed by atoms with Crippen molar-refractivity contribution >= 4 is 11.3 Å². The van der Waals surface area contributed by atoms with Gasteiger partial charge in [-0.25, -0.2) is 0 Å². The fourth-order valence-electron chi connectivity index (χ4n) is 1.13. The first kappa shape index (κ1) is 8.63. The summed E-state index contributed by atoms with van der Waals surface area (Å²) in [5.41, 5.74) is -0.0727. The van der Waals surface area contributed by atoms with Crippen LogP contribution in [0, 0.1) is 5.41 Å². The van der Waals surface area contributed by atoms with E-state index in [4.69, 9.17) is 9.47 Å². The minimum Gasteiger partial charge on any atom is -0.488 e. The normalized spacial score (nSPS) is 19.2. The quantitative estimate of drug-likeness (QED) is 0.643. The Bertz CT molecular complexity index is 294. The van der Waals surface area contributed by atoms with Crippen molar-refractivity contribution in [1.82, 2.24) is 0 Å². The zero-order valence-corrected chi connectivity index (χ0v) is 8.39. The fraction of sp³-hybridized carbons (Fsp3) is 0.400. The Morgan fingerprint density at radius 2 is 1.92 bits per heavy atom. The molecule has 0 saturated carbocycles. The zero-order valence-electron chi connectivity index (χ0n) is 7.58. The SMILES string of the molecule is C=CC1(C)COc2cscc2OC1. The summed E-state index contributed by atoms with van der Waals surface area (Å²) < 4.78 is 11.2. The summed E-state index contributed by atoms with van der Waals surface area (Å²) in [7, 11) is 0. The van der Waals surface area contributed by atoms with Crippen molar-refractivity contribution in [2.45, 2.75) is 6.92 Å². The standard InChI is InChI=1S/C10H12O2S/c1-3-10(2)6-11-8-4-13-5-9(8)12-7-10/h3-5H,1,6-7H2,2H3. The van der Waals surface area contributed by atoms with Crippen molar-refractivity contribution in [3.63, 3.8) is 0 Å². The van der Waals surface area contributed by atoms with Crippen LogP contribution >= 0.6 is 11.3 Å². The molecule has 3 heteroatoms. The second-order valence-electron chi connectivity index (χ2n) is 3.54. The molecule has 0 atom stereocenters. The second-order valence-corrected chi connectivity index (χ2v) is 4.28. The van der Waals surface area contributed by atoms with Gasteiger partial charge in [-0.05, 0) is 6.92 Å². The van der Waals surface area contributed by atoms with Crippen LogP contribution in [0.15, 0.2) is 23.4 Å². The molecule has 0 spiro atoms. The van der Waals surface area contributed by atoms with Gasteiger partial charge in [0.05, 0.1) is 5.41 Å². The van der Waals surface area contributed by atoms with Gasteiger partial charge in [-0.1, -0.05) is 6.08 Å². The van der Waals surface area contributed by atoms with Gasteiger partial charge in [0.2, 0.25) is 0 Å². The van der Waals surface area contributed by atoms with Crippen molar-refractivity contribution in [1.29, 1.82) is 0 Å². The Labute approximate surface area is 81.8 Å². The third-order valence-electron chi connectivity index (χ3n) is 2.20. The molecule has 1 aromatic heterocycles. The Kier molecular flexibility index (Phi) is 2.04. The van der Waals surface area contributed by atoms with Crippen LogP contribution in [0.25, 0.3) is 0 Å². The molecule has 2 nitrogen and oxygen atoms in total. The molecule has 0 amide bonds. The highest BCUT2D eigenvalue weighted by molar-refractivity contribution is 7.08. The van der Waals surface area contributed by atoms with E-state index in [1.165, 1.54) is 0 Å². The third-order valence-corrected chi connectivity index (χ3v) is 2.90. The Morgan fingerprint density at radius 3 is 2.38 bits per heavy atom. The van der Waals surface area contributed by atoms with E-state index in [1.807, 2.05) is 16.8 Å². The average Bonchev–Trinajstić information content (AvgIpc) is 2.54. The lowest BCUT2D eigenvalue weighted by atomic mass is 9.93. The van der Waals surface area contributed by atoms with E-state index in [-0.39, 0.29) is 5.41 Å². The van der Waals surface area contributed by atoms with Gasteiger partial charge in [-0.15, -0.1) is 17.9 Å². The Hall–Kier alpha value is -0.960. The van der Waals surface area contributed by atoms with Crippen molar-refractivity contribution in [2.75, 3.05) is 13.2 Å². The molecular formula is C10H12O2S. The lowest BCUT2D eigenvalue weighted by Gasteiger charge is -2.21. The van der Waals surface area contributed by atoms with Crippen LogP contribution in [0.1, 0.15) is 6.92 Å². The topological polar surface area (TPSA) is 18.5 Å². The Morgan fingerprint density at radius 1 is 1.38 bits per heavy atom. The maximum Gasteiger partial charge on any atom is 0.171 e. The van der Waals surface area contributed by atoms with Gasteiger partial charge in [-0.2, -0.15) is 0 Å². The molecule has 2 rings (SSSR count). The van der Waals surface area contributed by atoms with Crippen LogP contribution in [-0.4, -0.2) is 13.2 Å². The molecule has 0 saturated heterocycles. The summed E-state index contributed by atoms with van der Waals surface area (Å²) in [5, 5.41) is 3.92. The summed E-state index contributed by atoms with van der Waals surface area (Å²) in [6.07, 6.45) is 1.89. The van der Waals surface area contributed by atoms with Gasteiger partial charge in [0.25, 0.3) is 0 Å². The maximum absolute atomic E-state index is 5.61. The molecule has 0 unspecified atom stereocenters. The number of hydrogen-bond donors (Lipinski definition) is 0. The first-order valence-corrected chi connectivity index (χ1v) is 5.13. The van der Waals surface area contributed by atoms with Crippen molar-refractivity contribution in [3.8, 4) is 11.5 Å². The van der Waals surface area contributed by atoms with E-state index in [0.717, 1.165) is 11.5 Å². The molecular weight excluding hydrogens is 184 g/mol. The fourth-order valence-corrected chi connectivity index (χ4v) is 1.81. The van der Waals surface area contributed by atoms with Crippen LogP contribution in [0.4, 0.5) is 0 Å². The molecule has 1 aliphatic rings. The first-order chi connectivity index (χ1) is 6.23. The number of fused-ring (bicyclic) bond motifs is 1. The monoisotopic (exact) mass is 196 g/mol. The second kappa shape index (κ2) is 3.07. The van der Waals surface area contributed by atoms with Gasteiger partial charge in [0.1, 0.15) is 13.2 Å². The summed E-state index contributed by atoms with van der Waals surface area (Å²) in [5.74, 6) is 1.71. The van der Waals surface area contributed by atoms with Crippen molar-refractivity contribution in [2.24, 2.45) is 5.41 Å². The molecule has 0 radical (unpaired) electrons. The highest BCUT2D eigenvalue weighted by Gasteiger charge is 2.27. The maximum atomic E-state index is 5.61. The lowest BCUT2D eigenvalue weighted by Crippen LogP contribution is -2.27.